The molecule has 2 N–H and O–H groups in total. The second-order valence-electron chi connectivity index (χ2n) is 3.48. The molecule has 15 heavy (non-hydrogen) atoms. The molecule has 3 nitrogen and oxygen atoms in total. The van der Waals surface area contributed by atoms with Gasteiger partial charge in [-0.1, -0.05) is 18.5 Å². The zero-order valence-electron chi connectivity index (χ0n) is 8.50. The largest absolute Gasteiger partial charge is 0.396 e. The monoisotopic (exact) mass is 224 g/mol. The van der Waals surface area contributed by atoms with E-state index in [2.05, 4.69) is 5.32 Å². The molecule has 0 radical (unpaired) electrons. The van der Waals surface area contributed by atoms with Crippen LogP contribution in [-0.2, 0) is 0 Å². The molecule has 0 fully saturated rings. The summed E-state index contributed by atoms with van der Waals surface area (Å²) in [5.41, 5.74) is 1.30. The number of nitrogens with one attached hydrogen (secondary N) is 1. The third kappa shape index (κ3) is 3.43. The molecule has 0 amide bonds. The lowest BCUT2D eigenvalue weighted by molar-refractivity contribution is 0.244. The highest BCUT2D eigenvalue weighted by Crippen LogP contribution is 2.22. The number of aliphatic hydroxyl groups is 1. The quantitative estimate of drug-likeness (QED) is 0.825. The number of aliphatic hydroxyl groups excluding tert-OH is 1. The Balaban J connectivity index is 2.72. The van der Waals surface area contributed by atoms with Gasteiger partial charge in [0, 0.05) is 13.2 Å². The van der Waals surface area contributed by atoms with E-state index in [9.17, 15) is 0 Å². The van der Waals surface area contributed by atoms with E-state index in [1.807, 2.05) is 13.0 Å². The first kappa shape index (κ1) is 11.8. The number of hydrogen-bond donors (Lipinski definition) is 2. The van der Waals surface area contributed by atoms with Gasteiger partial charge in [-0.15, -0.1) is 0 Å². The summed E-state index contributed by atoms with van der Waals surface area (Å²) in [6.07, 6.45) is 0. The molecule has 80 valence electrons. The van der Waals surface area contributed by atoms with Crippen LogP contribution in [0.25, 0.3) is 0 Å². The lowest BCUT2D eigenvalue weighted by Gasteiger charge is -2.12. The molecule has 0 aromatic heterocycles. The van der Waals surface area contributed by atoms with Crippen LogP contribution in [0.15, 0.2) is 18.2 Å². The highest BCUT2D eigenvalue weighted by atomic mass is 35.5. The Morgan fingerprint density at radius 3 is 2.93 bits per heavy atom. The Kier molecular flexibility index (Phi) is 4.41. The average Bonchev–Trinajstić information content (AvgIpc) is 2.27. The third-order valence-corrected chi connectivity index (χ3v) is 2.38. The molecule has 0 spiro atoms. The van der Waals surface area contributed by atoms with Gasteiger partial charge < -0.3 is 10.4 Å². The molecule has 0 aliphatic heterocycles. The van der Waals surface area contributed by atoms with Crippen LogP contribution in [0.5, 0.6) is 0 Å². The summed E-state index contributed by atoms with van der Waals surface area (Å²) in [5, 5.41) is 21.3. The van der Waals surface area contributed by atoms with E-state index < -0.39 is 0 Å². The van der Waals surface area contributed by atoms with Crippen molar-refractivity contribution in [2.75, 3.05) is 18.5 Å². The second kappa shape index (κ2) is 5.59. The van der Waals surface area contributed by atoms with Crippen LogP contribution >= 0.6 is 11.6 Å². The lowest BCUT2D eigenvalue weighted by atomic mass is 10.2. The fourth-order valence-corrected chi connectivity index (χ4v) is 1.26. The van der Waals surface area contributed by atoms with E-state index in [1.54, 1.807) is 18.2 Å². The number of nitriles is 1. The van der Waals surface area contributed by atoms with Crippen molar-refractivity contribution in [2.24, 2.45) is 5.92 Å². The van der Waals surface area contributed by atoms with Crippen LogP contribution in [0.4, 0.5) is 5.69 Å². The maximum atomic E-state index is 8.86. The Hall–Kier alpha value is -1.24. The van der Waals surface area contributed by atoms with Crippen molar-refractivity contribution in [2.45, 2.75) is 6.92 Å². The highest BCUT2D eigenvalue weighted by Gasteiger charge is 2.04. The number of rotatable bonds is 4. The van der Waals surface area contributed by atoms with Crippen molar-refractivity contribution in [3.05, 3.63) is 28.8 Å². The fraction of sp³-hybridized carbons (Fsp3) is 0.364. The molecule has 1 rings (SSSR count). The number of nitrogens with zero attached hydrogens (tertiary/aromatic N) is 1. The summed E-state index contributed by atoms with van der Waals surface area (Å²) >= 11 is 5.95. The average molecular weight is 225 g/mol. The molecule has 0 aliphatic carbocycles. The first-order valence-corrected chi connectivity index (χ1v) is 5.09. The molecule has 1 aromatic rings. The fourth-order valence-electron chi connectivity index (χ4n) is 1.08. The number of benzene rings is 1. The zero-order valence-corrected chi connectivity index (χ0v) is 9.25. The van der Waals surface area contributed by atoms with Gasteiger partial charge >= 0.3 is 0 Å². The normalized spacial score (nSPS) is 11.9. The topological polar surface area (TPSA) is 56.0 Å². The van der Waals surface area contributed by atoms with Crippen molar-refractivity contribution in [1.82, 2.24) is 0 Å². The first-order chi connectivity index (χ1) is 7.17. The molecule has 0 aliphatic rings. The van der Waals surface area contributed by atoms with E-state index in [1.165, 1.54) is 0 Å². The second-order valence-corrected chi connectivity index (χ2v) is 3.88. The SMILES string of the molecule is CC(CO)CNc1cc(C#N)ccc1Cl. The van der Waals surface area contributed by atoms with Gasteiger partial charge in [0.05, 0.1) is 22.3 Å². The van der Waals surface area contributed by atoms with Crippen LogP contribution < -0.4 is 5.32 Å². The molecular formula is C11H13ClN2O. The van der Waals surface area contributed by atoms with Crippen LogP contribution in [-0.4, -0.2) is 18.3 Å². The number of halogens is 1. The van der Waals surface area contributed by atoms with Gasteiger partial charge in [0.25, 0.3) is 0 Å². The summed E-state index contributed by atoms with van der Waals surface area (Å²) in [7, 11) is 0. The smallest absolute Gasteiger partial charge is 0.0992 e. The Morgan fingerprint density at radius 1 is 1.60 bits per heavy atom. The van der Waals surface area contributed by atoms with Crippen molar-refractivity contribution in [3.63, 3.8) is 0 Å². The van der Waals surface area contributed by atoms with Crippen LogP contribution in [0.2, 0.25) is 5.02 Å². The van der Waals surface area contributed by atoms with Gasteiger partial charge in [-0.3, -0.25) is 0 Å². The molecule has 1 atom stereocenters. The van der Waals surface area contributed by atoms with E-state index in [-0.39, 0.29) is 12.5 Å². The molecule has 0 heterocycles. The molecule has 4 heteroatoms. The molecule has 0 bridgehead atoms. The third-order valence-electron chi connectivity index (χ3n) is 2.05. The maximum absolute atomic E-state index is 8.86. The summed E-state index contributed by atoms with van der Waals surface area (Å²) in [6.45, 7) is 2.68. The Labute approximate surface area is 94.3 Å². The van der Waals surface area contributed by atoms with Gasteiger partial charge in [0.1, 0.15) is 0 Å². The Bertz CT molecular complexity index is 373. The minimum atomic E-state index is 0.128. The van der Waals surface area contributed by atoms with Crippen molar-refractivity contribution in [3.8, 4) is 6.07 Å². The van der Waals surface area contributed by atoms with Crippen LogP contribution in [0, 0.1) is 17.2 Å². The zero-order chi connectivity index (χ0) is 11.3. The summed E-state index contributed by atoms with van der Waals surface area (Å²) < 4.78 is 0. The van der Waals surface area contributed by atoms with Crippen LogP contribution in [0.3, 0.4) is 0 Å². The minimum Gasteiger partial charge on any atom is -0.396 e. The van der Waals surface area contributed by atoms with Crippen molar-refractivity contribution < 1.29 is 5.11 Å². The minimum absolute atomic E-state index is 0.128. The number of anilines is 1. The molecular weight excluding hydrogens is 212 g/mol. The van der Waals surface area contributed by atoms with E-state index in [0.29, 0.717) is 17.1 Å². The van der Waals surface area contributed by atoms with Gasteiger partial charge in [-0.05, 0) is 24.1 Å². The van der Waals surface area contributed by atoms with Gasteiger partial charge in [0.15, 0.2) is 0 Å². The maximum Gasteiger partial charge on any atom is 0.0992 e. The molecule has 0 saturated carbocycles. The number of hydrogen-bond acceptors (Lipinski definition) is 3. The highest BCUT2D eigenvalue weighted by molar-refractivity contribution is 6.33. The van der Waals surface area contributed by atoms with Crippen molar-refractivity contribution in [1.29, 1.82) is 5.26 Å². The molecule has 1 unspecified atom stereocenters. The van der Waals surface area contributed by atoms with E-state index >= 15 is 0 Å². The predicted molar refractivity (Wildman–Crippen MR) is 60.9 cm³/mol. The van der Waals surface area contributed by atoms with E-state index in [0.717, 1.165) is 5.69 Å². The summed E-state index contributed by atoms with van der Waals surface area (Å²) in [5.74, 6) is 0.159. The summed E-state index contributed by atoms with van der Waals surface area (Å²) in [4.78, 5) is 0. The van der Waals surface area contributed by atoms with Gasteiger partial charge in [0.2, 0.25) is 0 Å². The first-order valence-electron chi connectivity index (χ1n) is 4.71. The van der Waals surface area contributed by atoms with Gasteiger partial charge in [-0.2, -0.15) is 5.26 Å². The lowest BCUT2D eigenvalue weighted by Crippen LogP contribution is -2.14. The summed E-state index contributed by atoms with van der Waals surface area (Å²) in [6, 6.07) is 7.11. The molecule has 1 aromatic carbocycles. The van der Waals surface area contributed by atoms with Gasteiger partial charge in [-0.25, -0.2) is 0 Å². The Morgan fingerprint density at radius 2 is 2.33 bits per heavy atom. The predicted octanol–water partition coefficient (Wildman–Crippen LogP) is 2.25. The van der Waals surface area contributed by atoms with Crippen LogP contribution in [0.1, 0.15) is 12.5 Å². The van der Waals surface area contributed by atoms with E-state index in [4.69, 9.17) is 22.0 Å². The van der Waals surface area contributed by atoms with Crippen molar-refractivity contribution >= 4 is 17.3 Å². The molecule has 0 saturated heterocycles. The standard InChI is InChI=1S/C11H13ClN2O/c1-8(7-15)6-14-11-4-9(5-13)2-3-10(11)12/h2-4,8,14-15H,6-7H2,1H3.